The number of ether oxygens (including phenoxy) is 1. The van der Waals surface area contributed by atoms with Crippen LogP contribution in [0.25, 0.3) is 10.2 Å². The summed E-state index contributed by atoms with van der Waals surface area (Å²) >= 11 is 8.17. The van der Waals surface area contributed by atoms with Crippen molar-refractivity contribution in [2.75, 3.05) is 6.61 Å². The number of nitrogens with zero attached hydrogens (tertiary/aromatic N) is 2. The van der Waals surface area contributed by atoms with Gasteiger partial charge in [-0.3, -0.25) is 0 Å². The van der Waals surface area contributed by atoms with Gasteiger partial charge in [-0.25, -0.2) is 0 Å². The smallest absolute Gasteiger partial charge is 0.294 e. The summed E-state index contributed by atoms with van der Waals surface area (Å²) in [6.07, 6.45) is 0. The van der Waals surface area contributed by atoms with E-state index < -0.39 is 10.0 Å². The molecule has 128 valence electrons. The zero-order chi connectivity index (χ0) is 17.3. The molecule has 0 fully saturated rings. The maximum absolute atomic E-state index is 12.5. The van der Waals surface area contributed by atoms with Gasteiger partial charge in [0.05, 0.1) is 15.6 Å². The number of aromatic nitrogens is 1. The summed E-state index contributed by atoms with van der Waals surface area (Å²) in [5.74, 6) is 0.728. The Kier molecular flexibility index (Phi) is 5.00. The molecule has 0 amide bonds. The molecule has 0 N–H and O–H groups in total. The highest BCUT2D eigenvalue weighted by atomic mass is 35.5. The molecular weight excluding hydrogens is 388 g/mol. The molecule has 1 aromatic carbocycles. The maximum Gasteiger partial charge on any atom is 0.294 e. The molecule has 0 saturated heterocycles. The van der Waals surface area contributed by atoms with Gasteiger partial charge in [-0.05, 0) is 38.1 Å². The SMILES string of the molecule is CCOc1cccc2sc(=NS(=O)(=O)c3ccc(Cl)s3)n(CC)c12. The molecule has 0 saturated carbocycles. The molecule has 3 aromatic rings. The summed E-state index contributed by atoms with van der Waals surface area (Å²) in [6.45, 7) is 4.99. The summed E-state index contributed by atoms with van der Waals surface area (Å²) in [6, 6.07) is 8.73. The number of fused-ring (bicyclic) bond motifs is 1. The average molecular weight is 403 g/mol. The summed E-state index contributed by atoms with van der Waals surface area (Å²) < 4.78 is 38.1. The Morgan fingerprint density at radius 1 is 1.21 bits per heavy atom. The van der Waals surface area contributed by atoms with Crippen molar-refractivity contribution in [1.29, 1.82) is 0 Å². The van der Waals surface area contributed by atoms with Gasteiger partial charge in [0.15, 0.2) is 0 Å². The predicted octanol–water partition coefficient (Wildman–Crippen LogP) is 4.13. The van der Waals surface area contributed by atoms with E-state index in [2.05, 4.69) is 4.40 Å². The molecule has 0 aliphatic heterocycles. The monoisotopic (exact) mass is 402 g/mol. The fourth-order valence-electron chi connectivity index (χ4n) is 2.32. The van der Waals surface area contributed by atoms with Crippen LogP contribution >= 0.6 is 34.3 Å². The zero-order valence-corrected chi connectivity index (χ0v) is 16.2. The summed E-state index contributed by atoms with van der Waals surface area (Å²) in [5.41, 5.74) is 0.866. The van der Waals surface area contributed by atoms with Gasteiger partial charge in [0.2, 0.25) is 4.80 Å². The van der Waals surface area contributed by atoms with Gasteiger partial charge in [0.1, 0.15) is 15.5 Å². The number of halogens is 1. The minimum absolute atomic E-state index is 0.137. The fraction of sp³-hybridized carbons (Fsp3) is 0.267. The van der Waals surface area contributed by atoms with Crippen molar-refractivity contribution in [3.63, 3.8) is 0 Å². The third kappa shape index (κ3) is 3.23. The number of sulfonamides is 1. The Morgan fingerprint density at radius 2 is 2.00 bits per heavy atom. The molecule has 0 bridgehead atoms. The molecule has 24 heavy (non-hydrogen) atoms. The van der Waals surface area contributed by atoms with Crippen LogP contribution in [-0.4, -0.2) is 19.6 Å². The number of hydrogen-bond acceptors (Lipinski definition) is 5. The maximum atomic E-state index is 12.5. The first kappa shape index (κ1) is 17.5. The van der Waals surface area contributed by atoms with Crippen molar-refractivity contribution in [3.05, 3.63) is 39.5 Å². The minimum Gasteiger partial charge on any atom is -0.492 e. The Bertz CT molecular complexity index is 1050. The van der Waals surface area contributed by atoms with Crippen molar-refractivity contribution in [2.45, 2.75) is 24.6 Å². The van der Waals surface area contributed by atoms with E-state index in [1.165, 1.54) is 17.4 Å². The highest BCUT2D eigenvalue weighted by molar-refractivity contribution is 7.92. The van der Waals surface area contributed by atoms with E-state index in [-0.39, 0.29) is 4.21 Å². The summed E-state index contributed by atoms with van der Waals surface area (Å²) in [4.78, 5) is 0.421. The molecule has 0 radical (unpaired) electrons. The lowest BCUT2D eigenvalue weighted by Crippen LogP contribution is -2.16. The van der Waals surface area contributed by atoms with E-state index in [0.29, 0.717) is 22.3 Å². The van der Waals surface area contributed by atoms with Crippen molar-refractivity contribution in [1.82, 2.24) is 4.57 Å². The molecule has 5 nitrogen and oxygen atoms in total. The van der Waals surface area contributed by atoms with Crippen LogP contribution in [0.4, 0.5) is 0 Å². The zero-order valence-electron chi connectivity index (χ0n) is 13.0. The molecule has 2 heterocycles. The highest BCUT2D eigenvalue weighted by Crippen LogP contribution is 2.29. The lowest BCUT2D eigenvalue weighted by atomic mass is 10.3. The number of aryl methyl sites for hydroxylation is 1. The number of rotatable bonds is 5. The van der Waals surface area contributed by atoms with Gasteiger partial charge in [-0.2, -0.15) is 8.42 Å². The Labute approximate surface area is 152 Å². The molecule has 0 atom stereocenters. The van der Waals surface area contributed by atoms with Crippen LogP contribution in [-0.2, 0) is 16.6 Å². The number of thiophene rings is 1. The average Bonchev–Trinajstić information content (AvgIpc) is 3.11. The van der Waals surface area contributed by atoms with Gasteiger partial charge in [0, 0.05) is 6.54 Å². The van der Waals surface area contributed by atoms with Crippen LogP contribution < -0.4 is 9.54 Å². The van der Waals surface area contributed by atoms with Crippen LogP contribution in [0.5, 0.6) is 5.75 Å². The lowest BCUT2D eigenvalue weighted by Gasteiger charge is -2.07. The topological polar surface area (TPSA) is 60.7 Å². The Balaban J connectivity index is 2.25. The van der Waals surface area contributed by atoms with Gasteiger partial charge in [-0.1, -0.05) is 29.0 Å². The van der Waals surface area contributed by atoms with Gasteiger partial charge in [0.25, 0.3) is 10.0 Å². The minimum atomic E-state index is -3.79. The lowest BCUT2D eigenvalue weighted by molar-refractivity contribution is 0.342. The van der Waals surface area contributed by atoms with E-state index in [0.717, 1.165) is 27.3 Å². The van der Waals surface area contributed by atoms with E-state index in [1.807, 2.05) is 36.6 Å². The summed E-state index contributed by atoms with van der Waals surface area (Å²) in [5, 5.41) is 0. The van der Waals surface area contributed by atoms with Crippen molar-refractivity contribution < 1.29 is 13.2 Å². The molecule has 3 rings (SSSR count). The number of thiazole rings is 1. The second-order valence-electron chi connectivity index (χ2n) is 4.79. The van der Waals surface area contributed by atoms with Crippen LogP contribution in [0.3, 0.4) is 0 Å². The molecule has 2 aromatic heterocycles. The molecule has 0 aliphatic rings. The van der Waals surface area contributed by atoms with E-state index in [4.69, 9.17) is 16.3 Å². The first-order valence-electron chi connectivity index (χ1n) is 7.27. The second kappa shape index (κ2) is 6.87. The molecule has 0 unspecified atom stereocenters. The molecule has 0 spiro atoms. The van der Waals surface area contributed by atoms with Crippen molar-refractivity contribution >= 4 is 54.5 Å². The van der Waals surface area contributed by atoms with Crippen molar-refractivity contribution in [3.8, 4) is 5.75 Å². The number of benzene rings is 1. The van der Waals surface area contributed by atoms with Crippen LogP contribution in [0.15, 0.2) is 38.9 Å². The normalized spacial score (nSPS) is 12.9. The number of hydrogen-bond donors (Lipinski definition) is 0. The summed E-state index contributed by atoms with van der Waals surface area (Å²) in [7, 11) is -3.79. The van der Waals surface area contributed by atoms with Crippen LogP contribution in [0.1, 0.15) is 13.8 Å². The molecule has 0 aliphatic carbocycles. The first-order valence-corrected chi connectivity index (χ1v) is 10.7. The quantitative estimate of drug-likeness (QED) is 0.644. The van der Waals surface area contributed by atoms with Crippen molar-refractivity contribution in [2.24, 2.45) is 4.40 Å². The highest BCUT2D eigenvalue weighted by Gasteiger charge is 2.18. The standard InChI is InChI=1S/C15H15ClN2O3S3/c1-3-18-14-10(21-4-2)6-5-7-11(14)22-15(18)17-24(19,20)13-9-8-12(16)23-13/h5-9H,3-4H2,1-2H3. The predicted molar refractivity (Wildman–Crippen MR) is 98.7 cm³/mol. The molecular formula is C15H15ClN2O3S3. The van der Waals surface area contributed by atoms with E-state index in [9.17, 15) is 8.42 Å². The van der Waals surface area contributed by atoms with Gasteiger partial charge in [-0.15, -0.1) is 15.7 Å². The van der Waals surface area contributed by atoms with E-state index >= 15 is 0 Å². The Hall–Kier alpha value is -1.35. The molecule has 9 heteroatoms. The van der Waals surface area contributed by atoms with Crippen LogP contribution in [0.2, 0.25) is 4.34 Å². The fourth-order valence-corrected chi connectivity index (χ4v) is 6.09. The van der Waals surface area contributed by atoms with Gasteiger partial charge >= 0.3 is 0 Å². The van der Waals surface area contributed by atoms with Gasteiger partial charge < -0.3 is 9.30 Å². The second-order valence-corrected chi connectivity index (χ2v) is 9.34. The Morgan fingerprint density at radius 3 is 2.62 bits per heavy atom. The van der Waals surface area contributed by atoms with Crippen LogP contribution in [0, 0.1) is 0 Å². The largest absolute Gasteiger partial charge is 0.492 e. The third-order valence-corrected chi connectivity index (χ3v) is 7.41. The van der Waals surface area contributed by atoms with E-state index in [1.54, 1.807) is 6.07 Å². The third-order valence-electron chi connectivity index (χ3n) is 3.28. The first-order chi connectivity index (χ1) is 11.5. The number of para-hydroxylation sites is 1.